The van der Waals surface area contributed by atoms with E-state index in [2.05, 4.69) is 51.4 Å². The van der Waals surface area contributed by atoms with Crippen LogP contribution in [0.25, 0.3) is 12.2 Å². The third kappa shape index (κ3) is 11.8. The molecule has 7 nitrogen and oxygen atoms in total. The molecule has 0 amide bonds. The SMILES string of the molecule is Cc1ccc(Oc2cccc(C=C3CCC(CC(=O)c4ccc(C)nc4)CC3)c2)nc1.Cc1ccc(Oc2cccc(C=C3CCC(N)CC3)c2)nc1. The first-order valence-corrected chi connectivity index (χ1v) is 18.8. The van der Waals surface area contributed by atoms with Crippen molar-refractivity contribution in [3.63, 3.8) is 0 Å². The Morgan fingerprint density at radius 2 is 1.19 bits per heavy atom. The van der Waals surface area contributed by atoms with Crippen LogP contribution in [0, 0.1) is 26.7 Å². The van der Waals surface area contributed by atoms with E-state index in [1.807, 2.05) is 87.6 Å². The van der Waals surface area contributed by atoms with E-state index in [-0.39, 0.29) is 5.78 Å². The summed E-state index contributed by atoms with van der Waals surface area (Å²) in [7, 11) is 0. The van der Waals surface area contributed by atoms with Crippen LogP contribution in [0.3, 0.4) is 0 Å². The van der Waals surface area contributed by atoms with Crippen molar-refractivity contribution in [3.8, 4) is 23.3 Å². The van der Waals surface area contributed by atoms with E-state index in [1.165, 1.54) is 16.7 Å². The number of carbonyl (C=O) groups excluding carboxylic acids is 1. The molecular weight excluding hydrogens is 657 g/mol. The van der Waals surface area contributed by atoms with E-state index < -0.39 is 0 Å². The molecule has 2 saturated carbocycles. The number of pyridine rings is 3. The number of ether oxygens (including phenoxy) is 2. The van der Waals surface area contributed by atoms with Gasteiger partial charge in [0.05, 0.1) is 0 Å². The van der Waals surface area contributed by atoms with E-state index in [4.69, 9.17) is 15.2 Å². The summed E-state index contributed by atoms with van der Waals surface area (Å²) in [6.07, 6.45) is 19.0. The lowest BCUT2D eigenvalue weighted by molar-refractivity contribution is 0.0953. The van der Waals surface area contributed by atoms with Gasteiger partial charge in [-0.05, 0) is 137 Å². The van der Waals surface area contributed by atoms with Crippen molar-refractivity contribution in [2.45, 2.75) is 84.6 Å². The van der Waals surface area contributed by atoms with Crippen molar-refractivity contribution in [2.24, 2.45) is 11.7 Å². The van der Waals surface area contributed by atoms with Crippen molar-refractivity contribution in [1.82, 2.24) is 15.0 Å². The number of aryl methyl sites for hydroxylation is 3. The molecule has 0 bridgehead atoms. The van der Waals surface area contributed by atoms with E-state index >= 15 is 0 Å². The molecule has 0 saturated heterocycles. The number of carbonyl (C=O) groups is 1. The summed E-state index contributed by atoms with van der Waals surface area (Å²) in [6, 6.07) is 28.2. The van der Waals surface area contributed by atoms with Gasteiger partial charge in [0.1, 0.15) is 11.5 Å². The first kappa shape index (κ1) is 37.4. The maximum Gasteiger partial charge on any atom is 0.219 e. The number of Topliss-reactive ketones (excluding diaryl/α,β-unsaturated/α-hetero) is 1. The lowest BCUT2D eigenvalue weighted by atomic mass is 9.82. The smallest absolute Gasteiger partial charge is 0.219 e. The number of rotatable bonds is 9. The number of nitrogens with zero attached hydrogens (tertiary/aromatic N) is 3. The summed E-state index contributed by atoms with van der Waals surface area (Å²) < 4.78 is 11.7. The van der Waals surface area contributed by atoms with Gasteiger partial charge in [0.25, 0.3) is 0 Å². The Hall–Kier alpha value is -5.40. The van der Waals surface area contributed by atoms with Crippen LogP contribution < -0.4 is 15.2 Å². The molecule has 2 aliphatic rings. The molecule has 2 N–H and O–H groups in total. The third-order valence-corrected chi connectivity index (χ3v) is 9.80. The number of ketones is 1. The maximum atomic E-state index is 12.5. The van der Waals surface area contributed by atoms with Gasteiger partial charge in [-0.25, -0.2) is 9.97 Å². The molecule has 5 aromatic rings. The summed E-state index contributed by atoms with van der Waals surface area (Å²) in [5.41, 5.74) is 15.1. The van der Waals surface area contributed by atoms with Crippen LogP contribution in [0.5, 0.6) is 23.3 Å². The van der Waals surface area contributed by atoms with Gasteiger partial charge in [0, 0.05) is 54.4 Å². The van der Waals surface area contributed by atoms with Gasteiger partial charge >= 0.3 is 0 Å². The second-order valence-electron chi connectivity index (χ2n) is 14.4. The maximum absolute atomic E-state index is 12.5. The minimum atomic E-state index is 0.208. The summed E-state index contributed by atoms with van der Waals surface area (Å²) in [4.78, 5) is 25.4. The minimum Gasteiger partial charge on any atom is -0.439 e. The molecule has 7 rings (SSSR count). The Balaban J connectivity index is 0.000000192. The summed E-state index contributed by atoms with van der Waals surface area (Å²) in [5, 5.41) is 0. The number of hydrogen-bond donors (Lipinski definition) is 1. The topological polar surface area (TPSA) is 100 Å². The number of nitrogens with two attached hydrogens (primary N) is 1. The highest BCUT2D eigenvalue weighted by atomic mass is 16.5. The van der Waals surface area contributed by atoms with Crippen molar-refractivity contribution >= 4 is 17.9 Å². The molecule has 3 heterocycles. The average molecular weight is 707 g/mol. The van der Waals surface area contributed by atoms with Gasteiger partial charge in [0.15, 0.2) is 5.78 Å². The van der Waals surface area contributed by atoms with Gasteiger partial charge in [-0.1, -0.05) is 59.7 Å². The molecule has 7 heteroatoms. The Labute approximate surface area is 314 Å². The fourth-order valence-corrected chi connectivity index (χ4v) is 6.64. The number of hydrogen-bond acceptors (Lipinski definition) is 7. The van der Waals surface area contributed by atoms with Crippen LogP contribution in [0.1, 0.15) is 96.1 Å². The molecule has 0 spiro atoms. The second kappa shape index (κ2) is 18.4. The highest BCUT2D eigenvalue weighted by molar-refractivity contribution is 5.95. The molecule has 3 aromatic heterocycles. The average Bonchev–Trinajstić information content (AvgIpc) is 3.16. The zero-order valence-corrected chi connectivity index (χ0v) is 31.1. The third-order valence-electron chi connectivity index (χ3n) is 9.80. The molecular formula is C46H50N4O3. The zero-order valence-electron chi connectivity index (χ0n) is 31.1. The summed E-state index contributed by atoms with van der Waals surface area (Å²) >= 11 is 0. The van der Waals surface area contributed by atoms with E-state index in [1.54, 1.807) is 12.4 Å². The Morgan fingerprint density at radius 3 is 1.66 bits per heavy atom. The summed E-state index contributed by atoms with van der Waals surface area (Å²) in [5.74, 6) is 3.49. The van der Waals surface area contributed by atoms with Gasteiger partial charge in [0.2, 0.25) is 11.8 Å². The van der Waals surface area contributed by atoms with Crippen molar-refractivity contribution in [1.29, 1.82) is 0 Å². The molecule has 0 atom stereocenters. The monoisotopic (exact) mass is 706 g/mol. The second-order valence-corrected chi connectivity index (χ2v) is 14.4. The first-order chi connectivity index (χ1) is 25.7. The van der Waals surface area contributed by atoms with E-state index in [9.17, 15) is 4.79 Å². The van der Waals surface area contributed by atoms with Crippen molar-refractivity contribution in [3.05, 3.63) is 148 Å². The molecule has 2 fully saturated rings. The highest BCUT2D eigenvalue weighted by Crippen LogP contribution is 2.33. The van der Waals surface area contributed by atoms with E-state index in [0.29, 0.717) is 30.1 Å². The van der Waals surface area contributed by atoms with Crippen LogP contribution in [-0.4, -0.2) is 26.8 Å². The van der Waals surface area contributed by atoms with Crippen LogP contribution in [0.2, 0.25) is 0 Å². The van der Waals surface area contributed by atoms with Gasteiger partial charge in [-0.3, -0.25) is 9.78 Å². The van der Waals surface area contributed by atoms with E-state index in [0.717, 1.165) is 90.8 Å². The van der Waals surface area contributed by atoms with Crippen LogP contribution >= 0.6 is 0 Å². The number of benzene rings is 2. The van der Waals surface area contributed by atoms with Gasteiger partial charge in [-0.2, -0.15) is 0 Å². The van der Waals surface area contributed by atoms with Crippen molar-refractivity contribution < 1.29 is 14.3 Å². The highest BCUT2D eigenvalue weighted by Gasteiger charge is 2.20. The molecule has 2 aliphatic carbocycles. The van der Waals surface area contributed by atoms with Crippen LogP contribution in [0.15, 0.2) is 115 Å². The molecule has 0 unspecified atom stereocenters. The number of aromatic nitrogens is 3. The molecule has 2 aromatic carbocycles. The van der Waals surface area contributed by atoms with Gasteiger partial charge < -0.3 is 15.2 Å². The fraction of sp³-hybridized carbons (Fsp3) is 0.304. The zero-order chi connectivity index (χ0) is 37.0. The number of allylic oxidation sites excluding steroid dienone is 2. The predicted octanol–water partition coefficient (Wildman–Crippen LogP) is 11.2. The lowest BCUT2D eigenvalue weighted by Gasteiger charge is -2.23. The lowest BCUT2D eigenvalue weighted by Crippen LogP contribution is -2.23. The summed E-state index contributed by atoms with van der Waals surface area (Å²) in [6.45, 7) is 5.96. The minimum absolute atomic E-state index is 0.208. The largest absolute Gasteiger partial charge is 0.439 e. The molecule has 0 radical (unpaired) electrons. The normalized spacial score (nSPS) is 16.9. The molecule has 53 heavy (non-hydrogen) atoms. The molecule has 272 valence electrons. The van der Waals surface area contributed by atoms with Crippen LogP contribution in [-0.2, 0) is 0 Å². The predicted molar refractivity (Wildman–Crippen MR) is 213 cm³/mol. The van der Waals surface area contributed by atoms with Crippen LogP contribution in [0.4, 0.5) is 0 Å². The van der Waals surface area contributed by atoms with Crippen molar-refractivity contribution in [2.75, 3.05) is 0 Å². The fourth-order valence-electron chi connectivity index (χ4n) is 6.64. The Bertz CT molecular complexity index is 2000. The first-order valence-electron chi connectivity index (χ1n) is 18.8. The Morgan fingerprint density at radius 1 is 0.660 bits per heavy atom. The molecule has 0 aliphatic heterocycles. The Kier molecular flexibility index (Phi) is 13.0. The van der Waals surface area contributed by atoms with Gasteiger partial charge in [-0.15, -0.1) is 0 Å². The quantitative estimate of drug-likeness (QED) is 0.152. The standard InChI is InChI=1S/C27H28N2O2.C19H22N2O/c1-19-6-13-27(29-17-19)31-25-5-3-4-23(15-25)14-21-8-10-22(11-9-21)16-26(30)24-12-7-20(2)28-18-24;1-14-5-10-19(21-13-14)22-18-4-2-3-16(12-18)11-15-6-8-17(20)9-7-15/h3-7,12-15,17-18,22H,8-11,16H2,1-2H3;2-5,10-13,17H,6-9,20H2,1H3.